The predicted octanol–water partition coefficient (Wildman–Crippen LogP) is 3.34. The number of aryl methyl sites for hydroxylation is 1. The monoisotopic (exact) mass is 437 g/mol. The number of thiazole rings is 1. The van der Waals surface area contributed by atoms with E-state index in [1.807, 2.05) is 37.4 Å². The van der Waals surface area contributed by atoms with Gasteiger partial charge in [0.15, 0.2) is 5.96 Å². The summed E-state index contributed by atoms with van der Waals surface area (Å²) in [6, 6.07) is 7.52. The number of hydrogen-bond acceptors (Lipinski definition) is 4. The normalized spacial score (nSPS) is 11.3. The molecule has 0 saturated carbocycles. The lowest BCUT2D eigenvalue weighted by Gasteiger charge is -2.11. The van der Waals surface area contributed by atoms with E-state index >= 15 is 0 Å². The molecule has 1 amide bonds. The van der Waals surface area contributed by atoms with Crippen molar-refractivity contribution >= 4 is 44.8 Å². The average Bonchev–Trinajstić information content (AvgIpc) is 3.02. The number of hydrogen-bond donors (Lipinski definition) is 3. The second-order valence-corrected chi connectivity index (χ2v) is 7.84. The first-order valence-electron chi connectivity index (χ1n) is 8.55. The maximum Gasteiger partial charge on any atom is 0.226 e. The summed E-state index contributed by atoms with van der Waals surface area (Å²) in [5.41, 5.74) is 0.789. The molecular formula is C18H24BrN5OS. The molecule has 0 aliphatic carbocycles. The number of carbonyl (C=O) groups is 1. The minimum atomic E-state index is -0.0334. The van der Waals surface area contributed by atoms with E-state index < -0.39 is 0 Å². The van der Waals surface area contributed by atoms with Gasteiger partial charge < -0.3 is 16.0 Å². The first kappa shape index (κ1) is 20.4. The maximum absolute atomic E-state index is 12.0. The molecule has 0 aliphatic rings. The molecule has 0 aliphatic heterocycles. The molecule has 0 bridgehead atoms. The predicted molar refractivity (Wildman–Crippen MR) is 112 cm³/mol. The fourth-order valence-electron chi connectivity index (χ4n) is 2.17. The van der Waals surface area contributed by atoms with Crippen molar-refractivity contribution < 1.29 is 4.79 Å². The number of anilines is 1. The summed E-state index contributed by atoms with van der Waals surface area (Å²) in [5, 5.41) is 10.3. The molecule has 0 radical (unpaired) electrons. The van der Waals surface area contributed by atoms with Gasteiger partial charge in [0.25, 0.3) is 0 Å². The van der Waals surface area contributed by atoms with Crippen molar-refractivity contribution in [2.75, 3.05) is 25.0 Å². The standard InChI is InChI=1S/C18H24BrN5OS/c1-3-20-18(22-11-9-17-23-12-13(2)26-17)21-10-8-16(25)24-15-6-4-14(19)5-7-15/h4-7,12H,3,8-11H2,1-2H3,(H,24,25)(H2,20,21,22). The van der Waals surface area contributed by atoms with Gasteiger partial charge in [-0.2, -0.15) is 0 Å². The maximum atomic E-state index is 12.0. The average molecular weight is 438 g/mol. The number of amides is 1. The molecule has 0 unspecified atom stereocenters. The second-order valence-electron chi connectivity index (χ2n) is 5.61. The highest BCUT2D eigenvalue weighted by Crippen LogP contribution is 2.14. The quantitative estimate of drug-likeness (QED) is 0.437. The molecule has 140 valence electrons. The summed E-state index contributed by atoms with van der Waals surface area (Å²) in [4.78, 5) is 22.1. The Bertz CT molecular complexity index is 729. The van der Waals surface area contributed by atoms with Crippen molar-refractivity contribution in [1.82, 2.24) is 15.6 Å². The van der Waals surface area contributed by atoms with E-state index in [1.54, 1.807) is 11.3 Å². The molecule has 1 aromatic carbocycles. The zero-order valence-electron chi connectivity index (χ0n) is 15.0. The molecule has 6 nitrogen and oxygen atoms in total. The van der Waals surface area contributed by atoms with Gasteiger partial charge in [0.2, 0.25) is 5.91 Å². The number of rotatable bonds is 8. The zero-order chi connectivity index (χ0) is 18.8. The largest absolute Gasteiger partial charge is 0.357 e. The van der Waals surface area contributed by atoms with Crippen LogP contribution in [0.1, 0.15) is 23.2 Å². The fourth-order valence-corrected chi connectivity index (χ4v) is 3.21. The number of carbonyl (C=O) groups excluding carboxylic acids is 1. The highest BCUT2D eigenvalue weighted by molar-refractivity contribution is 9.10. The Balaban J connectivity index is 1.73. The van der Waals surface area contributed by atoms with E-state index in [0.29, 0.717) is 19.5 Å². The molecule has 8 heteroatoms. The number of aromatic nitrogens is 1. The van der Waals surface area contributed by atoms with Crippen molar-refractivity contribution in [3.8, 4) is 0 Å². The van der Waals surface area contributed by atoms with Gasteiger partial charge in [-0.1, -0.05) is 15.9 Å². The van der Waals surface area contributed by atoms with Crippen LogP contribution in [0.3, 0.4) is 0 Å². The Hall–Kier alpha value is -1.93. The lowest BCUT2D eigenvalue weighted by Crippen LogP contribution is -2.38. The van der Waals surface area contributed by atoms with Gasteiger partial charge >= 0.3 is 0 Å². The number of guanidine groups is 1. The Labute approximate surface area is 166 Å². The van der Waals surface area contributed by atoms with Crippen LogP contribution in [0.5, 0.6) is 0 Å². The van der Waals surface area contributed by atoms with Crippen LogP contribution >= 0.6 is 27.3 Å². The third kappa shape index (κ3) is 7.53. The number of benzene rings is 1. The third-order valence-electron chi connectivity index (χ3n) is 3.38. The van der Waals surface area contributed by atoms with Gasteiger partial charge in [-0.25, -0.2) is 4.98 Å². The van der Waals surface area contributed by atoms with Gasteiger partial charge in [-0.3, -0.25) is 9.79 Å². The first-order chi connectivity index (χ1) is 12.6. The van der Waals surface area contributed by atoms with Crippen molar-refractivity contribution in [3.05, 3.63) is 44.8 Å². The van der Waals surface area contributed by atoms with Gasteiger partial charge in [-0.05, 0) is 38.1 Å². The van der Waals surface area contributed by atoms with Gasteiger partial charge in [-0.15, -0.1) is 11.3 Å². The summed E-state index contributed by atoms with van der Waals surface area (Å²) in [7, 11) is 0. The van der Waals surface area contributed by atoms with Crippen LogP contribution in [0.25, 0.3) is 0 Å². The summed E-state index contributed by atoms with van der Waals surface area (Å²) in [5.74, 6) is 0.686. The van der Waals surface area contributed by atoms with Crippen LogP contribution in [0.15, 0.2) is 39.9 Å². The highest BCUT2D eigenvalue weighted by Gasteiger charge is 2.04. The van der Waals surface area contributed by atoms with E-state index in [4.69, 9.17) is 0 Å². The van der Waals surface area contributed by atoms with E-state index in [0.717, 1.165) is 34.1 Å². The van der Waals surface area contributed by atoms with Gasteiger partial charge in [0.1, 0.15) is 0 Å². The molecule has 1 aromatic heterocycles. The molecule has 0 atom stereocenters. The molecular weight excluding hydrogens is 414 g/mol. The lowest BCUT2D eigenvalue weighted by atomic mass is 10.3. The second kappa shape index (κ2) is 10.9. The van der Waals surface area contributed by atoms with Crippen LogP contribution in [-0.4, -0.2) is 36.5 Å². The van der Waals surface area contributed by atoms with E-state index in [-0.39, 0.29) is 5.91 Å². The van der Waals surface area contributed by atoms with E-state index in [2.05, 4.69) is 48.8 Å². The SMILES string of the molecule is CCNC(=NCCc1ncc(C)s1)NCCC(=O)Nc1ccc(Br)cc1. The molecule has 2 rings (SSSR count). The van der Waals surface area contributed by atoms with Crippen LogP contribution in [0.2, 0.25) is 0 Å². The molecule has 1 heterocycles. The molecule has 0 saturated heterocycles. The van der Waals surface area contributed by atoms with Crippen LogP contribution < -0.4 is 16.0 Å². The smallest absolute Gasteiger partial charge is 0.226 e. The Morgan fingerprint density at radius 2 is 2.04 bits per heavy atom. The Morgan fingerprint density at radius 3 is 2.69 bits per heavy atom. The minimum Gasteiger partial charge on any atom is -0.357 e. The van der Waals surface area contributed by atoms with Crippen LogP contribution in [-0.2, 0) is 11.2 Å². The molecule has 0 fully saturated rings. The molecule has 26 heavy (non-hydrogen) atoms. The van der Waals surface area contributed by atoms with Gasteiger partial charge in [0, 0.05) is 53.7 Å². The highest BCUT2D eigenvalue weighted by atomic mass is 79.9. The molecule has 0 spiro atoms. The summed E-state index contributed by atoms with van der Waals surface area (Å²) in [6.07, 6.45) is 3.07. The summed E-state index contributed by atoms with van der Waals surface area (Å²) >= 11 is 5.07. The third-order valence-corrected chi connectivity index (χ3v) is 4.88. The summed E-state index contributed by atoms with van der Waals surface area (Å²) in [6.45, 7) is 6.02. The number of aliphatic imine (C=N–C) groups is 1. The number of nitrogens with zero attached hydrogens (tertiary/aromatic N) is 2. The number of nitrogens with one attached hydrogen (secondary N) is 3. The van der Waals surface area contributed by atoms with E-state index in [1.165, 1.54) is 4.88 Å². The number of halogens is 1. The van der Waals surface area contributed by atoms with Crippen LogP contribution in [0.4, 0.5) is 5.69 Å². The molecule has 2 aromatic rings. The van der Waals surface area contributed by atoms with Crippen LogP contribution in [0, 0.1) is 6.92 Å². The van der Waals surface area contributed by atoms with E-state index in [9.17, 15) is 4.79 Å². The van der Waals surface area contributed by atoms with Crippen molar-refractivity contribution in [1.29, 1.82) is 0 Å². The minimum absolute atomic E-state index is 0.0334. The first-order valence-corrected chi connectivity index (χ1v) is 10.2. The van der Waals surface area contributed by atoms with Crippen molar-refractivity contribution in [3.63, 3.8) is 0 Å². The van der Waals surface area contributed by atoms with Gasteiger partial charge in [0.05, 0.1) is 5.01 Å². The van der Waals surface area contributed by atoms with Crippen molar-refractivity contribution in [2.45, 2.75) is 26.7 Å². The van der Waals surface area contributed by atoms with Crippen molar-refractivity contribution in [2.24, 2.45) is 4.99 Å². The topological polar surface area (TPSA) is 78.4 Å². The Kier molecular flexibility index (Phi) is 8.57. The summed E-state index contributed by atoms with van der Waals surface area (Å²) < 4.78 is 0.983. The lowest BCUT2D eigenvalue weighted by molar-refractivity contribution is -0.116. The zero-order valence-corrected chi connectivity index (χ0v) is 17.4. The Morgan fingerprint density at radius 1 is 1.27 bits per heavy atom. The molecule has 3 N–H and O–H groups in total. The fraction of sp³-hybridized carbons (Fsp3) is 0.389.